The summed E-state index contributed by atoms with van der Waals surface area (Å²) >= 11 is 0. The molecule has 1 unspecified atom stereocenters. The lowest BCUT2D eigenvalue weighted by Gasteiger charge is -2.30. The highest BCUT2D eigenvalue weighted by molar-refractivity contribution is 5.94. The Kier molecular flexibility index (Phi) is 7.02. The van der Waals surface area contributed by atoms with Crippen molar-refractivity contribution in [2.24, 2.45) is 5.92 Å². The van der Waals surface area contributed by atoms with Gasteiger partial charge in [-0.2, -0.15) is 0 Å². The molecular weight excluding hydrogens is 336 g/mol. The molecule has 4 nitrogen and oxygen atoms in total. The highest BCUT2D eigenvalue weighted by Gasteiger charge is 2.16. The molecule has 1 atom stereocenters. The smallest absolute Gasteiger partial charge is 0.251 e. The van der Waals surface area contributed by atoms with Crippen molar-refractivity contribution in [3.05, 3.63) is 70.8 Å². The first-order chi connectivity index (χ1) is 13.1. The van der Waals surface area contributed by atoms with Crippen molar-refractivity contribution >= 4 is 5.91 Å². The highest BCUT2D eigenvalue weighted by atomic mass is 16.5. The van der Waals surface area contributed by atoms with E-state index in [0.29, 0.717) is 18.7 Å². The van der Waals surface area contributed by atoms with Crippen molar-refractivity contribution in [3.63, 3.8) is 0 Å². The third-order valence-electron chi connectivity index (χ3n) is 5.15. The van der Waals surface area contributed by atoms with Crippen LogP contribution < -0.4 is 5.32 Å². The molecule has 0 radical (unpaired) electrons. The first-order valence-corrected chi connectivity index (χ1v) is 9.80. The number of nitrogens with zero attached hydrogens (tertiary/aromatic N) is 1. The fourth-order valence-electron chi connectivity index (χ4n) is 3.65. The summed E-state index contributed by atoms with van der Waals surface area (Å²) in [6.07, 6.45) is 2.65. The van der Waals surface area contributed by atoms with Gasteiger partial charge in [-0.15, -0.1) is 0 Å². The predicted octanol–water partition coefficient (Wildman–Crippen LogP) is 3.99. The Bertz CT molecular complexity index is 725. The van der Waals surface area contributed by atoms with Crippen LogP contribution in [-0.2, 0) is 24.4 Å². The maximum atomic E-state index is 12.3. The molecule has 0 saturated carbocycles. The van der Waals surface area contributed by atoms with E-state index >= 15 is 0 Å². The van der Waals surface area contributed by atoms with Crippen LogP contribution >= 0.6 is 0 Å². The minimum atomic E-state index is -0.0506. The van der Waals surface area contributed by atoms with Gasteiger partial charge < -0.3 is 10.1 Å². The average molecular weight is 367 g/mol. The number of nitrogens with one attached hydrogen (secondary N) is 1. The largest absolute Gasteiger partial charge is 0.380 e. The summed E-state index contributed by atoms with van der Waals surface area (Å²) in [7, 11) is 1.67. The second-order valence-corrected chi connectivity index (χ2v) is 7.61. The monoisotopic (exact) mass is 366 g/mol. The number of carbonyl (C=O) groups is 1. The fraction of sp³-hybridized carbons (Fsp3) is 0.435. The Morgan fingerprint density at radius 1 is 1.07 bits per heavy atom. The third kappa shape index (κ3) is 5.91. The summed E-state index contributed by atoms with van der Waals surface area (Å²) in [4.78, 5) is 14.8. The molecule has 0 aromatic heterocycles. The summed E-state index contributed by atoms with van der Waals surface area (Å²) in [5, 5.41) is 2.99. The molecule has 3 rings (SSSR count). The van der Waals surface area contributed by atoms with Crippen LogP contribution in [0.2, 0.25) is 0 Å². The molecule has 1 N–H and O–H groups in total. The van der Waals surface area contributed by atoms with E-state index in [1.165, 1.54) is 31.5 Å². The highest BCUT2D eigenvalue weighted by Crippen LogP contribution is 2.18. The molecule has 4 heteroatoms. The maximum Gasteiger partial charge on any atom is 0.251 e. The van der Waals surface area contributed by atoms with Crippen LogP contribution in [0.3, 0.4) is 0 Å². The van der Waals surface area contributed by atoms with Gasteiger partial charge in [-0.1, -0.05) is 43.3 Å². The molecule has 0 aliphatic carbocycles. The van der Waals surface area contributed by atoms with E-state index in [9.17, 15) is 4.79 Å². The number of benzene rings is 2. The van der Waals surface area contributed by atoms with Crippen LogP contribution in [0.15, 0.2) is 48.5 Å². The number of carbonyl (C=O) groups excluding carboxylic acids is 1. The third-order valence-corrected chi connectivity index (χ3v) is 5.15. The Labute approximate surface area is 162 Å². The molecule has 1 saturated heterocycles. The molecule has 1 amide bonds. The van der Waals surface area contributed by atoms with E-state index in [2.05, 4.69) is 41.4 Å². The number of hydrogen-bond donors (Lipinski definition) is 1. The zero-order valence-corrected chi connectivity index (χ0v) is 16.4. The lowest BCUT2D eigenvalue weighted by Crippen LogP contribution is -2.33. The molecule has 144 valence electrons. The second-order valence-electron chi connectivity index (χ2n) is 7.61. The Morgan fingerprint density at radius 3 is 2.41 bits per heavy atom. The summed E-state index contributed by atoms with van der Waals surface area (Å²) < 4.78 is 5.09. The van der Waals surface area contributed by atoms with Crippen LogP contribution in [0.1, 0.15) is 46.8 Å². The summed E-state index contributed by atoms with van der Waals surface area (Å²) in [6.45, 7) is 6.85. The first-order valence-electron chi connectivity index (χ1n) is 9.80. The van der Waals surface area contributed by atoms with Crippen LogP contribution in [0.4, 0.5) is 0 Å². The van der Waals surface area contributed by atoms with Gasteiger partial charge in [0.15, 0.2) is 0 Å². The van der Waals surface area contributed by atoms with Crippen molar-refractivity contribution in [1.82, 2.24) is 10.2 Å². The molecule has 2 aromatic rings. The molecule has 1 heterocycles. The zero-order chi connectivity index (χ0) is 19.1. The number of piperidine rings is 1. The number of ether oxygens (including phenoxy) is 1. The van der Waals surface area contributed by atoms with Crippen molar-refractivity contribution in [2.75, 3.05) is 20.2 Å². The quantitative estimate of drug-likeness (QED) is 0.805. The second kappa shape index (κ2) is 9.67. The minimum Gasteiger partial charge on any atom is -0.380 e. The number of rotatable bonds is 7. The van der Waals surface area contributed by atoms with Gasteiger partial charge in [-0.25, -0.2) is 0 Å². The topological polar surface area (TPSA) is 41.6 Å². The van der Waals surface area contributed by atoms with Crippen LogP contribution in [0.5, 0.6) is 0 Å². The Balaban J connectivity index is 1.48. The van der Waals surface area contributed by atoms with Gasteiger partial charge in [-0.3, -0.25) is 9.69 Å². The van der Waals surface area contributed by atoms with Crippen LogP contribution in [-0.4, -0.2) is 31.0 Å². The maximum absolute atomic E-state index is 12.3. The van der Waals surface area contributed by atoms with Crippen molar-refractivity contribution in [1.29, 1.82) is 0 Å². The van der Waals surface area contributed by atoms with Crippen LogP contribution in [0, 0.1) is 5.92 Å². The minimum absolute atomic E-state index is 0.0506. The summed E-state index contributed by atoms with van der Waals surface area (Å²) in [5.41, 5.74) is 4.20. The van der Waals surface area contributed by atoms with Crippen molar-refractivity contribution in [3.8, 4) is 0 Å². The van der Waals surface area contributed by atoms with E-state index < -0.39 is 0 Å². The van der Waals surface area contributed by atoms with Gasteiger partial charge in [0.05, 0.1) is 6.61 Å². The zero-order valence-electron chi connectivity index (χ0n) is 16.4. The normalized spacial score (nSPS) is 17.6. The summed E-state index contributed by atoms with van der Waals surface area (Å²) in [5.74, 6) is 0.752. The van der Waals surface area contributed by atoms with E-state index in [-0.39, 0.29) is 5.91 Å². The molecule has 27 heavy (non-hydrogen) atoms. The molecular formula is C23H30N2O2. The molecule has 1 aliphatic heterocycles. The Morgan fingerprint density at radius 2 is 1.74 bits per heavy atom. The lowest BCUT2D eigenvalue weighted by molar-refractivity contribution is 0.0951. The number of methoxy groups -OCH3 is 1. The Hall–Kier alpha value is -2.17. The average Bonchev–Trinajstić information content (AvgIpc) is 2.68. The summed E-state index contributed by atoms with van der Waals surface area (Å²) in [6, 6.07) is 16.1. The first kappa shape index (κ1) is 19.6. The molecule has 1 aliphatic rings. The predicted molar refractivity (Wildman–Crippen MR) is 108 cm³/mol. The van der Waals surface area contributed by atoms with Gasteiger partial charge in [-0.05, 0) is 54.1 Å². The van der Waals surface area contributed by atoms with Gasteiger partial charge in [0.2, 0.25) is 0 Å². The fourth-order valence-corrected chi connectivity index (χ4v) is 3.65. The van der Waals surface area contributed by atoms with E-state index in [0.717, 1.165) is 23.6 Å². The number of hydrogen-bond acceptors (Lipinski definition) is 3. The van der Waals surface area contributed by atoms with Crippen molar-refractivity contribution in [2.45, 2.75) is 39.5 Å². The SMILES string of the molecule is COCc1ccc(C(=O)NCc2ccc(CN3CCCC(C)C3)cc2)cc1. The van der Waals surface area contributed by atoms with E-state index in [1.807, 2.05) is 24.3 Å². The van der Waals surface area contributed by atoms with E-state index in [1.54, 1.807) is 7.11 Å². The molecule has 0 spiro atoms. The molecule has 0 bridgehead atoms. The van der Waals surface area contributed by atoms with E-state index in [4.69, 9.17) is 4.74 Å². The number of amides is 1. The van der Waals surface area contributed by atoms with Crippen molar-refractivity contribution < 1.29 is 9.53 Å². The van der Waals surface area contributed by atoms with Gasteiger partial charge in [0, 0.05) is 32.3 Å². The number of likely N-dealkylation sites (tertiary alicyclic amines) is 1. The standard InChI is InChI=1S/C23H30N2O2/c1-18-4-3-13-25(15-18)16-20-7-5-19(6-8-20)14-24-23(26)22-11-9-21(10-12-22)17-27-2/h5-12,18H,3-4,13-17H2,1-2H3,(H,24,26). The molecule has 1 fully saturated rings. The lowest BCUT2D eigenvalue weighted by atomic mass is 9.99. The van der Waals surface area contributed by atoms with Gasteiger partial charge >= 0.3 is 0 Å². The van der Waals surface area contributed by atoms with Gasteiger partial charge in [0.1, 0.15) is 0 Å². The molecule has 2 aromatic carbocycles. The van der Waals surface area contributed by atoms with Crippen LogP contribution in [0.25, 0.3) is 0 Å². The van der Waals surface area contributed by atoms with Gasteiger partial charge in [0.25, 0.3) is 5.91 Å².